The summed E-state index contributed by atoms with van der Waals surface area (Å²) in [4.78, 5) is 99.2. The van der Waals surface area contributed by atoms with Gasteiger partial charge in [0.1, 0.15) is 46.0 Å². The number of hydrogen-bond donors (Lipinski definition) is 0. The molecule has 7 aromatic carbocycles. The van der Waals surface area contributed by atoms with Crippen LogP contribution in [0.3, 0.4) is 0 Å². The maximum absolute atomic E-state index is 13.6. The Morgan fingerprint density at radius 3 is 0.736 bits per heavy atom. The Balaban J connectivity index is 0.988. The molecule has 0 spiro atoms. The normalized spacial score (nSPS) is 11.0. The van der Waals surface area contributed by atoms with E-state index in [9.17, 15) is 38.4 Å². The number of nitrogens with zero attached hydrogens (tertiary/aromatic N) is 4. The van der Waals surface area contributed by atoms with Crippen LogP contribution in [-0.2, 0) is 38.1 Å². The van der Waals surface area contributed by atoms with Crippen molar-refractivity contribution in [1.29, 1.82) is 0 Å². The molecule has 0 N–H and O–H groups in total. The zero-order valence-corrected chi connectivity index (χ0v) is 61.4. The third kappa shape index (κ3) is 32.5. The molecular weight excluding hydrogens is 1410 g/mol. The highest BCUT2D eigenvalue weighted by Crippen LogP contribution is 2.29. The molecule has 0 fully saturated rings. The van der Waals surface area contributed by atoms with Crippen molar-refractivity contribution in [3.8, 4) is 46.0 Å². The Kier molecular flexibility index (Phi) is 37.7. The maximum Gasteiger partial charge on any atom is 0.343 e. The first-order chi connectivity index (χ1) is 53.7. The van der Waals surface area contributed by atoms with Crippen LogP contribution in [0.25, 0.3) is 0 Å². The minimum atomic E-state index is -0.679. The Morgan fingerprint density at radius 1 is 0.255 bits per heavy atom. The van der Waals surface area contributed by atoms with Gasteiger partial charge in [-0.25, -0.2) is 38.4 Å². The molecule has 0 saturated carbocycles. The van der Waals surface area contributed by atoms with E-state index in [4.69, 9.17) is 56.8 Å². The van der Waals surface area contributed by atoms with Gasteiger partial charge in [0.2, 0.25) is 0 Å². The second-order valence-electron chi connectivity index (χ2n) is 24.2. The minimum absolute atomic E-state index is 0.0923. The monoisotopic (exact) mass is 1500 g/mol. The molecule has 0 aliphatic heterocycles. The summed E-state index contributed by atoms with van der Waals surface area (Å²) < 4.78 is 66.9. The summed E-state index contributed by atoms with van der Waals surface area (Å²) in [5.74, 6) is -1.75. The van der Waals surface area contributed by atoms with Crippen LogP contribution >= 0.6 is 0 Å². The van der Waals surface area contributed by atoms with Gasteiger partial charge in [-0.3, -0.25) is 0 Å². The molecule has 7 rings (SSSR count). The number of carbonyl (C=O) groups is 8. The Labute approximate surface area is 639 Å². The summed E-state index contributed by atoms with van der Waals surface area (Å²) in [6, 6.07) is 42.0. The lowest BCUT2D eigenvalue weighted by molar-refractivity contribution is -0.138. The van der Waals surface area contributed by atoms with E-state index in [1.165, 1.54) is 61.3 Å². The number of carbonyl (C=O) groups excluding carboxylic acids is 8. The number of benzene rings is 7. The van der Waals surface area contributed by atoms with Crippen LogP contribution in [0.2, 0.25) is 0 Å². The zero-order valence-electron chi connectivity index (χ0n) is 61.4. The first-order valence-electron chi connectivity index (χ1n) is 36.2. The van der Waals surface area contributed by atoms with Crippen molar-refractivity contribution in [2.45, 2.75) is 103 Å². The molecule has 0 saturated heterocycles. The van der Waals surface area contributed by atoms with Gasteiger partial charge in [-0.1, -0.05) is 50.6 Å². The molecule has 0 aliphatic carbocycles. The summed E-state index contributed by atoms with van der Waals surface area (Å²) in [6.07, 6.45) is 23.2. The van der Waals surface area contributed by atoms with Crippen molar-refractivity contribution >= 4 is 72.6 Å². The Hall–Kier alpha value is -12.9. The van der Waals surface area contributed by atoms with Crippen molar-refractivity contribution < 1.29 is 95.2 Å². The van der Waals surface area contributed by atoms with E-state index in [2.05, 4.69) is 46.7 Å². The number of unbranched alkanes of at least 4 members (excludes halogenated alkanes) is 12. The minimum Gasteiger partial charge on any atom is -0.494 e. The van der Waals surface area contributed by atoms with Crippen molar-refractivity contribution in [2.75, 3.05) is 52.9 Å². The number of hydrogen-bond acceptors (Lipinski definition) is 24. The van der Waals surface area contributed by atoms with Gasteiger partial charge < -0.3 is 56.8 Å². The van der Waals surface area contributed by atoms with Crippen LogP contribution in [0.4, 0.5) is 0 Å². The van der Waals surface area contributed by atoms with Gasteiger partial charge >= 0.3 is 47.8 Å². The van der Waals surface area contributed by atoms with Crippen LogP contribution < -0.4 is 37.9 Å². The van der Waals surface area contributed by atoms with E-state index in [1.807, 2.05) is 0 Å². The fourth-order valence-corrected chi connectivity index (χ4v) is 9.94. The second kappa shape index (κ2) is 49.1. The molecule has 0 atom stereocenters. The highest BCUT2D eigenvalue weighted by Gasteiger charge is 2.18. The lowest BCUT2D eigenvalue weighted by atomic mass is 10.2. The van der Waals surface area contributed by atoms with E-state index < -0.39 is 47.8 Å². The van der Waals surface area contributed by atoms with Gasteiger partial charge in [0.05, 0.1) is 100.0 Å². The third-order valence-corrected chi connectivity index (χ3v) is 15.9. The SMILES string of the molecule is C=CC(=O)OCCCCCCOc1ccc(C(=O)Oc2ccc(OC(=O)c3ccc(OCCCCCCOC(=O)C=C)cc3)c(C=NN=Cc3ccc(C=NN=Cc4cc(OC(=O)c5ccc(OCCCCCCOC(=O)C=C)cc5)ccc4OC(=O)c4ccc(OCCCCCCOC(=O)C=C)cc4)cc3)c2)cc1. The molecule has 24 nitrogen and oxygen atoms in total. The van der Waals surface area contributed by atoms with E-state index in [0.29, 0.717) is 87.0 Å². The van der Waals surface area contributed by atoms with Gasteiger partial charge in [-0.2, -0.15) is 20.4 Å². The van der Waals surface area contributed by atoms with E-state index in [1.54, 1.807) is 121 Å². The first kappa shape index (κ1) is 84.4. The average molecular weight is 1500 g/mol. The fourth-order valence-electron chi connectivity index (χ4n) is 9.94. The summed E-state index contributed by atoms with van der Waals surface area (Å²) in [7, 11) is 0. The van der Waals surface area contributed by atoms with Crippen LogP contribution in [-0.4, -0.2) is 125 Å². The molecule has 110 heavy (non-hydrogen) atoms. The third-order valence-electron chi connectivity index (χ3n) is 15.9. The van der Waals surface area contributed by atoms with Gasteiger partial charge in [0, 0.05) is 35.4 Å². The Morgan fingerprint density at radius 2 is 0.482 bits per heavy atom. The fraction of sp³-hybridized carbons (Fsp3) is 0.279. The quantitative estimate of drug-likeness (QED) is 0.00651. The average Bonchev–Trinajstić information content (AvgIpc) is 0.836. The zero-order chi connectivity index (χ0) is 78.2. The highest BCUT2D eigenvalue weighted by atomic mass is 16.6. The molecule has 0 aliphatic rings. The molecule has 0 aromatic heterocycles. The van der Waals surface area contributed by atoms with E-state index >= 15 is 0 Å². The smallest absolute Gasteiger partial charge is 0.343 e. The highest BCUT2D eigenvalue weighted by molar-refractivity contribution is 5.97. The Bertz CT molecular complexity index is 4010. The predicted octanol–water partition coefficient (Wildman–Crippen LogP) is 16.1. The van der Waals surface area contributed by atoms with Gasteiger partial charge in [0.25, 0.3) is 0 Å². The molecule has 0 radical (unpaired) electrons. The molecule has 24 heteroatoms. The van der Waals surface area contributed by atoms with Crippen molar-refractivity contribution in [3.63, 3.8) is 0 Å². The molecule has 0 bridgehead atoms. The van der Waals surface area contributed by atoms with Crippen molar-refractivity contribution in [3.05, 3.63) is 253 Å². The topological polar surface area (TPSA) is 297 Å². The molecule has 0 amide bonds. The van der Waals surface area contributed by atoms with Gasteiger partial charge in [0.15, 0.2) is 0 Å². The molecule has 0 heterocycles. The van der Waals surface area contributed by atoms with Crippen LogP contribution in [0.15, 0.2) is 229 Å². The number of esters is 8. The largest absolute Gasteiger partial charge is 0.494 e. The van der Waals surface area contributed by atoms with Crippen LogP contribution in [0.1, 0.15) is 166 Å². The summed E-state index contributed by atoms with van der Waals surface area (Å²) >= 11 is 0. The number of rotatable bonds is 50. The van der Waals surface area contributed by atoms with Gasteiger partial charge in [-0.05, 0) is 247 Å². The standard InChI is InChI=1S/C86H90N4O20/c1-5-79(91)103-53-21-13-9-17-49-99-71-37-29-65(30-38-71)83(95)107-75-45-47-77(109-85(97)67-33-41-73(42-34-67)101-51-19-11-15-23-55-105-81(93)7-3)69(57-75)61-89-87-59-63-25-27-64(28-26-63)60-88-90-62-70-58-76(108-84(96)66-31-39-72(40-32-66)100-50-18-10-14-22-54-104-80(92)6-2)46-48-78(70)110-86(98)68-35-43-74(44-36-68)102-52-20-12-16-24-56-106-82(94)8-4/h5-8,25-48,57-62H,1-4,9-24,49-56H2. The predicted molar refractivity (Wildman–Crippen MR) is 416 cm³/mol. The second-order valence-corrected chi connectivity index (χ2v) is 24.2. The number of ether oxygens (including phenoxy) is 12. The summed E-state index contributed by atoms with van der Waals surface area (Å²) in [5.41, 5.74) is 2.78. The van der Waals surface area contributed by atoms with Gasteiger partial charge in [-0.15, -0.1) is 0 Å². The van der Waals surface area contributed by atoms with E-state index in [0.717, 1.165) is 127 Å². The van der Waals surface area contributed by atoms with Crippen molar-refractivity contribution in [1.82, 2.24) is 0 Å². The van der Waals surface area contributed by atoms with Crippen LogP contribution in [0, 0.1) is 0 Å². The molecule has 7 aromatic rings. The van der Waals surface area contributed by atoms with Crippen molar-refractivity contribution in [2.24, 2.45) is 20.4 Å². The molecular formula is C86H90N4O20. The van der Waals surface area contributed by atoms with Crippen LogP contribution in [0.5, 0.6) is 46.0 Å². The lowest BCUT2D eigenvalue weighted by Gasteiger charge is -2.11. The maximum atomic E-state index is 13.6. The summed E-state index contributed by atoms with van der Waals surface area (Å²) in [5, 5.41) is 17.0. The molecule has 0 unspecified atom stereocenters. The molecule has 574 valence electrons. The first-order valence-corrected chi connectivity index (χ1v) is 36.2. The summed E-state index contributed by atoms with van der Waals surface area (Å²) in [6.45, 7) is 16.7. The van der Waals surface area contributed by atoms with E-state index in [-0.39, 0.29) is 56.4 Å². The lowest BCUT2D eigenvalue weighted by Crippen LogP contribution is -2.11.